The molecule has 0 amide bonds. The van der Waals surface area contributed by atoms with Gasteiger partial charge in [0, 0.05) is 119 Å². The van der Waals surface area contributed by atoms with E-state index in [1.54, 1.807) is 48.7 Å². The maximum absolute atomic E-state index is 13.4. The van der Waals surface area contributed by atoms with Crippen LogP contribution in [0.1, 0.15) is 234 Å². The van der Waals surface area contributed by atoms with E-state index in [1.165, 1.54) is 25.7 Å². The van der Waals surface area contributed by atoms with E-state index in [9.17, 15) is 19.2 Å². The predicted octanol–water partition coefficient (Wildman–Crippen LogP) is 18.4. The summed E-state index contributed by atoms with van der Waals surface area (Å²) in [6.07, 6.45) is 21.5. The highest BCUT2D eigenvalue weighted by molar-refractivity contribution is 8.01. The molecule has 0 radical (unpaired) electrons. The molecular formula is C94H119B2ClN8O11S2. The predicted molar refractivity (Wildman–Crippen MR) is 469 cm³/mol. The number of rotatable bonds is 30. The molecule has 17 rings (SSSR count). The standard InChI is InChI=1S/C45H55BN4O5S.C23H32BClO4.C22H24N4OS.C4H8O/c1-43(2,3)53-42(52)32-14-11-13-31(23-32)24-41(46-54-40-26-34-25-39(44(34,4)5)45(40,6)55-46)56-22-12-17-38(51)33-18-19-37(49-27-33)30-50(28-35-15-7-9-20-47-35)29-36-16-8-10-21-48-36;1-21(2,3)27-20(26)15-9-7-8-14(10-15)11-19(25)24-28-18-13-16-12-17(22(16,4)5)23(18,6)29-24;27-22(8-5-13-28)18-9-10-21(25-14-18)17-26(15-19-6-1-3-11-23-19)16-20-7-2-4-12-24-20;1-2-4-5-3-1/h7-11,13-16,18-21,23,27,34,39-41H,12,17,22,24-26,28-30H2,1-6H3;7-10,16-19H,11-13H2,1-6H3;1-4,6-7,9-12,14,28H,5,8,13,15-17H2;1-4H2. The Morgan fingerprint density at radius 3 is 1.26 bits per heavy atom. The molecule has 19 nitrogen and oxygen atoms in total. The van der Waals surface area contributed by atoms with Crippen LogP contribution in [0.3, 0.4) is 0 Å². The third-order valence-corrected chi connectivity index (χ3v) is 26.3. The largest absolute Gasteiger partial charge is 0.477 e. The van der Waals surface area contributed by atoms with E-state index in [-0.39, 0.29) is 69.9 Å². The number of nitrogens with zero attached hydrogens (tertiary/aromatic N) is 8. The molecule has 3 saturated heterocycles. The Morgan fingerprint density at radius 1 is 0.500 bits per heavy atom. The van der Waals surface area contributed by atoms with E-state index in [0.717, 1.165) is 83.5 Å². The molecule has 118 heavy (non-hydrogen) atoms. The zero-order valence-corrected chi connectivity index (χ0v) is 73.4. The number of halogens is 1. The van der Waals surface area contributed by atoms with Gasteiger partial charge in [-0.3, -0.25) is 49.3 Å². The van der Waals surface area contributed by atoms with Gasteiger partial charge >= 0.3 is 26.2 Å². The second-order valence-corrected chi connectivity index (χ2v) is 38.5. The van der Waals surface area contributed by atoms with Crippen molar-refractivity contribution < 1.29 is 52.0 Å². The van der Waals surface area contributed by atoms with E-state index in [2.05, 4.69) is 95.0 Å². The van der Waals surface area contributed by atoms with Crippen molar-refractivity contribution in [2.24, 2.45) is 34.5 Å². The summed E-state index contributed by atoms with van der Waals surface area (Å²) in [7, 11) is -0.801. The first kappa shape index (κ1) is 89.7. The molecule has 6 aromatic heterocycles. The van der Waals surface area contributed by atoms with Gasteiger partial charge in [0.25, 0.3) is 0 Å². The summed E-state index contributed by atoms with van der Waals surface area (Å²) in [5.74, 6) is 3.40. The van der Waals surface area contributed by atoms with Gasteiger partial charge in [0.2, 0.25) is 0 Å². The van der Waals surface area contributed by atoms with Gasteiger partial charge in [0.15, 0.2) is 11.6 Å². The minimum atomic E-state index is -0.575. The lowest BCUT2D eigenvalue weighted by molar-refractivity contribution is -0.199. The van der Waals surface area contributed by atoms with Crippen molar-refractivity contribution in [3.8, 4) is 0 Å². The van der Waals surface area contributed by atoms with Crippen LogP contribution in [0.2, 0.25) is 0 Å². The number of ether oxygens (including phenoxy) is 3. The number of ketones is 2. The zero-order chi connectivity index (χ0) is 83.8. The van der Waals surface area contributed by atoms with Crippen LogP contribution in [0.5, 0.6) is 0 Å². The summed E-state index contributed by atoms with van der Waals surface area (Å²) in [4.78, 5) is 82.4. The fourth-order valence-corrected chi connectivity index (χ4v) is 19.4. The van der Waals surface area contributed by atoms with E-state index in [1.807, 2.05) is 181 Å². The second kappa shape index (κ2) is 40.4. The third kappa shape index (κ3) is 24.0. The summed E-state index contributed by atoms with van der Waals surface area (Å²) in [6, 6.07) is 46.5. The molecule has 6 saturated carbocycles. The minimum Gasteiger partial charge on any atom is -0.456 e. The van der Waals surface area contributed by atoms with Crippen molar-refractivity contribution in [2.45, 2.75) is 244 Å². The highest BCUT2D eigenvalue weighted by Gasteiger charge is 2.70. The van der Waals surface area contributed by atoms with Gasteiger partial charge in [-0.15, -0.1) is 11.6 Å². The van der Waals surface area contributed by atoms with Gasteiger partial charge in [-0.05, 0) is 274 Å². The molecular weight excluding hydrogens is 1540 g/mol. The van der Waals surface area contributed by atoms with Crippen molar-refractivity contribution in [1.82, 2.24) is 39.7 Å². The molecule has 9 fully saturated rings. The maximum atomic E-state index is 13.4. The minimum absolute atomic E-state index is 0.0113. The lowest BCUT2D eigenvalue weighted by atomic mass is 9.43. The molecule has 10 unspecified atom stereocenters. The Kier molecular flexibility index (Phi) is 30.7. The first-order valence-corrected chi connectivity index (χ1v) is 44.3. The quantitative estimate of drug-likeness (QED) is 0.0111. The number of aromatic nitrogens is 6. The van der Waals surface area contributed by atoms with E-state index < -0.39 is 18.3 Å². The zero-order valence-electron chi connectivity index (χ0n) is 71.0. The maximum Gasteiger partial charge on any atom is 0.477 e. The molecule has 3 aliphatic heterocycles. The second-order valence-electron chi connectivity index (χ2n) is 36.2. The number of thiol groups is 1. The first-order chi connectivity index (χ1) is 56.4. The molecule has 626 valence electrons. The number of Topliss-reactive ketones (excluding diaryl/α,β-unsaturated/α-hetero) is 2. The van der Waals surface area contributed by atoms with Crippen LogP contribution >= 0.6 is 36.0 Å². The lowest BCUT2D eigenvalue weighted by Gasteiger charge is -2.64. The number of pyridine rings is 6. The fourth-order valence-electron chi connectivity index (χ4n) is 17.8. The Labute approximate surface area is 714 Å². The van der Waals surface area contributed by atoms with Gasteiger partial charge < -0.3 is 32.8 Å². The number of hydrogen-bond donors (Lipinski definition) is 1. The average molecular weight is 1660 g/mol. The molecule has 8 aromatic rings. The number of carbonyl (C=O) groups excluding carboxylic acids is 4. The molecule has 9 heterocycles. The van der Waals surface area contributed by atoms with Crippen LogP contribution in [0.15, 0.2) is 183 Å². The monoisotopic (exact) mass is 1660 g/mol. The number of carbonyl (C=O) groups is 4. The summed E-state index contributed by atoms with van der Waals surface area (Å²) in [5.41, 5.74) is 9.01. The molecule has 9 aliphatic rings. The van der Waals surface area contributed by atoms with Crippen LogP contribution in [0, 0.1) is 34.5 Å². The molecule has 4 bridgehead atoms. The normalized spacial score (nSPS) is 22.8. The number of hydrogen-bond acceptors (Lipinski definition) is 21. The van der Waals surface area contributed by atoms with Crippen molar-refractivity contribution in [1.29, 1.82) is 0 Å². The smallest absolute Gasteiger partial charge is 0.456 e. The van der Waals surface area contributed by atoms with E-state index in [4.69, 9.17) is 49.4 Å². The van der Waals surface area contributed by atoms with Crippen molar-refractivity contribution in [3.63, 3.8) is 0 Å². The third-order valence-electron chi connectivity index (χ3n) is 24.3. The van der Waals surface area contributed by atoms with Gasteiger partial charge in [-0.1, -0.05) is 76.2 Å². The SMILES string of the molecule is C1CCOC1.CC(C)(C)OC(=O)c1cccc(CC(Cl)B2OC3CC4CC(C4(C)C)C3(C)O2)c1.CC(C)(C)OC(=O)c1cccc(CC(SCCCC(=O)c2ccc(CN(Cc3ccccn3)Cc3ccccn3)nc2)B2OC3CC4CC(C4(C)C)C3(C)O2)c1.O=C(CCCS)c1ccc(CN(Cc2ccccn2)Cc2ccccn2)nc1. The Morgan fingerprint density at radius 2 is 0.898 bits per heavy atom. The highest BCUT2D eigenvalue weighted by atomic mass is 35.5. The van der Waals surface area contributed by atoms with E-state index >= 15 is 0 Å². The topological polar surface area (TPSA) is 217 Å². The Balaban J connectivity index is 0.000000172. The van der Waals surface area contributed by atoms with Gasteiger partial charge in [0.05, 0.1) is 74.0 Å². The molecule has 10 atom stereocenters. The molecule has 24 heteroatoms. The molecule has 0 spiro atoms. The summed E-state index contributed by atoms with van der Waals surface area (Å²) < 4.78 is 42.6. The average Bonchev–Trinajstić information content (AvgIpc) is 1.44. The summed E-state index contributed by atoms with van der Waals surface area (Å²) in [6.45, 7) is 31.1. The molecule has 6 aliphatic carbocycles. The summed E-state index contributed by atoms with van der Waals surface area (Å²) >= 11 is 12.7. The van der Waals surface area contributed by atoms with Crippen LogP contribution in [0.25, 0.3) is 0 Å². The van der Waals surface area contributed by atoms with Crippen LogP contribution in [0.4, 0.5) is 0 Å². The Hall–Kier alpha value is -7.54. The van der Waals surface area contributed by atoms with Crippen molar-refractivity contribution in [2.75, 3.05) is 24.7 Å². The van der Waals surface area contributed by atoms with Gasteiger partial charge in [-0.2, -0.15) is 24.4 Å². The lowest BCUT2D eigenvalue weighted by Crippen LogP contribution is -2.65. The van der Waals surface area contributed by atoms with Gasteiger partial charge in [-0.25, -0.2) is 9.59 Å². The van der Waals surface area contributed by atoms with Gasteiger partial charge in [0.1, 0.15) is 11.2 Å². The van der Waals surface area contributed by atoms with Crippen LogP contribution in [-0.4, -0.2) is 147 Å². The number of benzene rings is 2. The van der Waals surface area contributed by atoms with Crippen molar-refractivity contribution in [3.05, 3.63) is 250 Å². The van der Waals surface area contributed by atoms with Crippen LogP contribution in [-0.2, 0) is 84.9 Å². The number of esters is 2. The van der Waals surface area contributed by atoms with Crippen LogP contribution < -0.4 is 0 Å². The highest BCUT2D eigenvalue weighted by Crippen LogP contribution is 2.67. The van der Waals surface area contributed by atoms with Crippen molar-refractivity contribution >= 4 is 73.7 Å². The number of thioether (sulfide) groups is 1. The first-order valence-electron chi connectivity index (χ1n) is 42.2. The Bertz CT molecular complexity index is 4480. The molecule has 2 aromatic carbocycles. The molecule has 0 N–H and O–H groups in total. The van der Waals surface area contributed by atoms with E-state index in [0.29, 0.717) is 128 Å². The summed E-state index contributed by atoms with van der Waals surface area (Å²) in [5, 5.41) is -0.325. The number of alkyl halides is 1. The fraction of sp³-hybridized carbons (Fsp3) is 0.511.